The monoisotopic (exact) mass is 404 g/mol. The molecule has 0 bridgehead atoms. The van der Waals surface area contributed by atoms with Gasteiger partial charge in [0, 0.05) is 24.5 Å². The van der Waals surface area contributed by atoms with Gasteiger partial charge in [-0.25, -0.2) is 14.1 Å². The van der Waals surface area contributed by atoms with Crippen molar-refractivity contribution in [1.29, 1.82) is 0 Å². The Morgan fingerprint density at radius 1 is 1.13 bits per heavy atom. The number of nitrogens with zero attached hydrogens (tertiary/aromatic N) is 3. The van der Waals surface area contributed by atoms with Gasteiger partial charge < -0.3 is 9.73 Å². The van der Waals surface area contributed by atoms with E-state index >= 15 is 0 Å². The van der Waals surface area contributed by atoms with Gasteiger partial charge in [-0.3, -0.25) is 4.79 Å². The minimum atomic E-state index is -0.324. The molecule has 1 amide bonds. The highest BCUT2D eigenvalue weighted by molar-refractivity contribution is 5.90. The Hall–Kier alpha value is -3.74. The number of hydrogen-bond donors (Lipinski definition) is 1. The first kappa shape index (κ1) is 19.6. The van der Waals surface area contributed by atoms with Crippen LogP contribution in [0.5, 0.6) is 0 Å². The van der Waals surface area contributed by atoms with Crippen LogP contribution >= 0.6 is 0 Å². The molecule has 2 aromatic carbocycles. The lowest BCUT2D eigenvalue weighted by atomic mass is 10.2. The Balaban J connectivity index is 1.34. The third kappa shape index (κ3) is 4.63. The largest absolute Gasteiger partial charge is 0.441 e. The average Bonchev–Trinajstić information content (AvgIpc) is 3.36. The second-order valence-corrected chi connectivity index (χ2v) is 6.95. The van der Waals surface area contributed by atoms with Crippen molar-refractivity contribution in [2.75, 3.05) is 5.32 Å². The normalized spacial score (nSPS) is 10.9. The minimum absolute atomic E-state index is 0.131. The third-order valence-electron chi connectivity index (χ3n) is 4.58. The van der Waals surface area contributed by atoms with Crippen LogP contribution in [0.25, 0.3) is 17.0 Å². The van der Waals surface area contributed by atoms with Crippen LogP contribution in [0.15, 0.2) is 71.3 Å². The van der Waals surface area contributed by atoms with Crippen LogP contribution in [-0.4, -0.2) is 20.7 Å². The molecule has 0 saturated heterocycles. The molecule has 7 heteroatoms. The SMILES string of the molecule is Cc1cc(NC(=O)CCCc2ncc(-c3ccccc3)o2)n(-c2ccc(F)cc2)n1. The van der Waals surface area contributed by atoms with Crippen molar-refractivity contribution < 1.29 is 13.6 Å². The van der Waals surface area contributed by atoms with Gasteiger partial charge in [-0.15, -0.1) is 0 Å². The fourth-order valence-corrected chi connectivity index (χ4v) is 3.13. The molecule has 4 rings (SSSR count). The molecule has 0 aliphatic heterocycles. The smallest absolute Gasteiger partial charge is 0.225 e. The molecule has 1 N–H and O–H groups in total. The van der Waals surface area contributed by atoms with E-state index in [1.165, 1.54) is 12.1 Å². The number of halogens is 1. The molecule has 0 unspecified atom stereocenters. The number of aryl methyl sites for hydroxylation is 2. The number of anilines is 1. The van der Waals surface area contributed by atoms with Gasteiger partial charge in [0.25, 0.3) is 0 Å². The first-order chi connectivity index (χ1) is 14.6. The molecule has 6 nitrogen and oxygen atoms in total. The van der Waals surface area contributed by atoms with E-state index in [0.29, 0.717) is 42.4 Å². The second-order valence-electron chi connectivity index (χ2n) is 6.95. The molecule has 30 heavy (non-hydrogen) atoms. The van der Waals surface area contributed by atoms with Crippen LogP contribution in [0.4, 0.5) is 10.2 Å². The number of carbonyl (C=O) groups excluding carboxylic acids is 1. The molecule has 0 radical (unpaired) electrons. The Morgan fingerprint density at radius 3 is 2.67 bits per heavy atom. The molecule has 152 valence electrons. The van der Waals surface area contributed by atoms with Gasteiger partial charge in [0.05, 0.1) is 17.6 Å². The molecule has 0 aliphatic rings. The topological polar surface area (TPSA) is 73.0 Å². The van der Waals surface area contributed by atoms with Gasteiger partial charge in [-0.2, -0.15) is 5.10 Å². The maximum absolute atomic E-state index is 13.2. The number of rotatable bonds is 7. The fraction of sp³-hybridized carbons (Fsp3) is 0.174. The Morgan fingerprint density at radius 2 is 1.90 bits per heavy atom. The van der Waals surface area contributed by atoms with E-state index < -0.39 is 0 Å². The highest BCUT2D eigenvalue weighted by Crippen LogP contribution is 2.21. The molecule has 0 spiro atoms. The van der Waals surface area contributed by atoms with Gasteiger partial charge in [-0.05, 0) is 37.6 Å². The summed E-state index contributed by atoms with van der Waals surface area (Å²) in [5, 5.41) is 7.26. The standard InChI is InChI=1S/C23H21FN4O2/c1-16-14-21(28(27-16)19-12-10-18(24)11-13-19)26-22(29)8-5-9-23-25-15-20(30-23)17-6-3-2-4-7-17/h2-4,6-7,10-15H,5,8-9H2,1H3,(H,26,29). The van der Waals surface area contributed by atoms with Crippen molar-refractivity contribution in [3.63, 3.8) is 0 Å². The van der Waals surface area contributed by atoms with E-state index in [2.05, 4.69) is 15.4 Å². The number of nitrogens with one attached hydrogen (secondary N) is 1. The summed E-state index contributed by atoms with van der Waals surface area (Å²) in [4.78, 5) is 16.7. The summed E-state index contributed by atoms with van der Waals surface area (Å²) in [5.41, 5.74) is 2.40. The van der Waals surface area contributed by atoms with Crippen LogP contribution in [-0.2, 0) is 11.2 Å². The lowest BCUT2D eigenvalue weighted by Crippen LogP contribution is -2.15. The van der Waals surface area contributed by atoms with E-state index in [4.69, 9.17) is 4.42 Å². The maximum Gasteiger partial charge on any atom is 0.225 e. The van der Waals surface area contributed by atoms with Crippen molar-refractivity contribution in [3.8, 4) is 17.0 Å². The van der Waals surface area contributed by atoms with E-state index in [1.54, 1.807) is 29.1 Å². The number of carbonyl (C=O) groups is 1. The molecule has 4 aromatic rings. The number of benzene rings is 2. The quantitative estimate of drug-likeness (QED) is 0.474. The fourth-order valence-electron chi connectivity index (χ4n) is 3.13. The third-order valence-corrected chi connectivity index (χ3v) is 4.58. The summed E-state index contributed by atoms with van der Waals surface area (Å²) < 4.78 is 20.5. The van der Waals surface area contributed by atoms with E-state index in [-0.39, 0.29) is 11.7 Å². The van der Waals surface area contributed by atoms with Gasteiger partial charge in [-0.1, -0.05) is 30.3 Å². The minimum Gasteiger partial charge on any atom is -0.441 e. The average molecular weight is 404 g/mol. The first-order valence-corrected chi connectivity index (χ1v) is 9.71. The zero-order valence-electron chi connectivity index (χ0n) is 16.5. The van der Waals surface area contributed by atoms with Crippen molar-refractivity contribution >= 4 is 11.7 Å². The predicted molar refractivity (Wildman–Crippen MR) is 112 cm³/mol. The maximum atomic E-state index is 13.2. The summed E-state index contributed by atoms with van der Waals surface area (Å²) in [5.74, 6) is 1.41. The van der Waals surface area contributed by atoms with Gasteiger partial charge in [0.15, 0.2) is 11.7 Å². The predicted octanol–water partition coefficient (Wildman–Crippen LogP) is 4.94. The van der Waals surface area contributed by atoms with Gasteiger partial charge >= 0.3 is 0 Å². The number of oxazole rings is 1. The highest BCUT2D eigenvalue weighted by Gasteiger charge is 2.12. The lowest BCUT2D eigenvalue weighted by Gasteiger charge is -2.08. The molecule has 2 aromatic heterocycles. The molecule has 0 aliphatic carbocycles. The molecule has 2 heterocycles. The molecule has 0 saturated carbocycles. The van der Waals surface area contributed by atoms with Gasteiger partial charge in [0.1, 0.15) is 11.6 Å². The number of amides is 1. The Bertz CT molecular complexity index is 1130. The highest BCUT2D eigenvalue weighted by atomic mass is 19.1. The second kappa shape index (κ2) is 8.73. The molecule has 0 fully saturated rings. The zero-order chi connectivity index (χ0) is 20.9. The molecular weight excluding hydrogens is 383 g/mol. The van der Waals surface area contributed by atoms with Crippen molar-refractivity contribution in [1.82, 2.24) is 14.8 Å². The first-order valence-electron chi connectivity index (χ1n) is 9.71. The van der Waals surface area contributed by atoms with E-state index in [0.717, 1.165) is 11.3 Å². The number of hydrogen-bond acceptors (Lipinski definition) is 4. The van der Waals surface area contributed by atoms with Gasteiger partial charge in [0.2, 0.25) is 5.91 Å². The van der Waals surface area contributed by atoms with Crippen molar-refractivity contribution in [2.45, 2.75) is 26.2 Å². The van der Waals surface area contributed by atoms with Crippen LogP contribution in [0.3, 0.4) is 0 Å². The Kier molecular flexibility index (Phi) is 5.70. The van der Waals surface area contributed by atoms with Crippen LogP contribution in [0, 0.1) is 12.7 Å². The summed E-state index contributed by atoms with van der Waals surface area (Å²) in [6.45, 7) is 1.84. The van der Waals surface area contributed by atoms with Crippen LogP contribution < -0.4 is 5.32 Å². The van der Waals surface area contributed by atoms with E-state index in [9.17, 15) is 9.18 Å². The summed E-state index contributed by atoms with van der Waals surface area (Å²) in [6.07, 6.45) is 3.19. The van der Waals surface area contributed by atoms with E-state index in [1.807, 2.05) is 37.3 Å². The Labute approximate surface area is 173 Å². The van der Waals surface area contributed by atoms with Crippen LogP contribution in [0.2, 0.25) is 0 Å². The zero-order valence-corrected chi connectivity index (χ0v) is 16.5. The molecular formula is C23H21FN4O2. The summed E-state index contributed by atoms with van der Waals surface area (Å²) >= 11 is 0. The molecule has 0 atom stereocenters. The van der Waals surface area contributed by atoms with Crippen molar-refractivity contribution in [2.24, 2.45) is 0 Å². The summed E-state index contributed by atoms with van der Waals surface area (Å²) in [6, 6.07) is 17.5. The van der Waals surface area contributed by atoms with Crippen LogP contribution in [0.1, 0.15) is 24.4 Å². The number of aromatic nitrogens is 3. The van der Waals surface area contributed by atoms with Crippen molar-refractivity contribution in [3.05, 3.63) is 84.3 Å². The summed E-state index contributed by atoms with van der Waals surface area (Å²) in [7, 11) is 0. The lowest BCUT2D eigenvalue weighted by molar-refractivity contribution is -0.116.